The number of halogens is 1. The van der Waals surface area contributed by atoms with E-state index in [1.807, 2.05) is 0 Å². The zero-order chi connectivity index (χ0) is 10.8. The first-order valence-corrected chi connectivity index (χ1v) is 5.74. The lowest BCUT2D eigenvalue weighted by Gasteiger charge is -2.02. The lowest BCUT2D eigenvalue weighted by molar-refractivity contribution is 0.0601. The van der Waals surface area contributed by atoms with Crippen molar-refractivity contribution in [2.45, 2.75) is 19.4 Å². The minimum Gasteiger partial charge on any atom is -0.465 e. The van der Waals surface area contributed by atoms with Crippen LogP contribution in [0.15, 0.2) is 0 Å². The fraction of sp³-hybridized carbons (Fsp3) is 0.500. The molecule has 1 aromatic heterocycles. The third-order valence-corrected chi connectivity index (χ3v) is 3.63. The minimum absolute atomic E-state index is 0. The lowest BCUT2D eigenvalue weighted by Crippen LogP contribution is -2.11. The highest BCUT2D eigenvalue weighted by molar-refractivity contribution is 7.16. The molecule has 1 aromatic rings. The molecule has 4 nitrogen and oxygen atoms in total. The molecule has 0 saturated heterocycles. The van der Waals surface area contributed by atoms with Crippen molar-refractivity contribution in [3.63, 3.8) is 0 Å². The summed E-state index contributed by atoms with van der Waals surface area (Å²) in [6.45, 7) is 1.79. The van der Waals surface area contributed by atoms with Gasteiger partial charge < -0.3 is 15.8 Å². The second-order valence-electron chi connectivity index (χ2n) is 3.51. The van der Waals surface area contributed by atoms with Gasteiger partial charge in [0, 0.05) is 11.4 Å². The Bertz CT molecular complexity index is 392. The molecule has 2 heterocycles. The fourth-order valence-electron chi connectivity index (χ4n) is 1.86. The van der Waals surface area contributed by atoms with Gasteiger partial charge in [-0.1, -0.05) is 0 Å². The van der Waals surface area contributed by atoms with Gasteiger partial charge in [-0.3, -0.25) is 0 Å². The van der Waals surface area contributed by atoms with Crippen LogP contribution in [0.5, 0.6) is 0 Å². The number of hydrogen-bond donors (Lipinski definition) is 2. The van der Waals surface area contributed by atoms with Gasteiger partial charge in [-0.25, -0.2) is 4.79 Å². The molecule has 2 rings (SSSR count). The SMILES string of the molecule is COC(=O)c1c(N)sc2c1CCCNC2.Cl. The molecule has 0 bridgehead atoms. The number of hydrogen-bond acceptors (Lipinski definition) is 5. The molecule has 16 heavy (non-hydrogen) atoms. The van der Waals surface area contributed by atoms with E-state index in [1.54, 1.807) is 0 Å². The van der Waals surface area contributed by atoms with Gasteiger partial charge in [0.25, 0.3) is 0 Å². The molecule has 0 saturated carbocycles. The summed E-state index contributed by atoms with van der Waals surface area (Å²) in [6.07, 6.45) is 1.94. The van der Waals surface area contributed by atoms with Gasteiger partial charge in [-0.05, 0) is 24.9 Å². The third kappa shape index (κ3) is 2.31. The lowest BCUT2D eigenvalue weighted by atomic mass is 10.1. The predicted octanol–water partition coefficient (Wildman–Crippen LogP) is 1.57. The van der Waals surface area contributed by atoms with Crippen LogP contribution < -0.4 is 11.1 Å². The van der Waals surface area contributed by atoms with Crippen molar-refractivity contribution in [3.05, 3.63) is 16.0 Å². The highest BCUT2D eigenvalue weighted by atomic mass is 35.5. The van der Waals surface area contributed by atoms with Gasteiger partial charge in [0.1, 0.15) is 5.00 Å². The Morgan fingerprint density at radius 1 is 1.56 bits per heavy atom. The average Bonchev–Trinajstić information content (AvgIpc) is 2.40. The highest BCUT2D eigenvalue weighted by Crippen LogP contribution is 2.33. The van der Waals surface area contributed by atoms with Crippen LogP contribution in [0, 0.1) is 0 Å². The summed E-state index contributed by atoms with van der Waals surface area (Å²) in [5.74, 6) is -0.313. The molecule has 0 fully saturated rings. The molecule has 1 aliphatic heterocycles. The first-order valence-electron chi connectivity index (χ1n) is 4.93. The molecule has 0 atom stereocenters. The average molecular weight is 263 g/mol. The van der Waals surface area contributed by atoms with Crippen LogP contribution in [-0.2, 0) is 17.7 Å². The largest absolute Gasteiger partial charge is 0.465 e. The molecular weight excluding hydrogens is 248 g/mol. The van der Waals surface area contributed by atoms with Crippen LogP contribution in [0.2, 0.25) is 0 Å². The van der Waals surface area contributed by atoms with Gasteiger partial charge in [-0.2, -0.15) is 0 Å². The molecule has 0 aliphatic carbocycles. The number of anilines is 1. The number of nitrogens with two attached hydrogens (primary N) is 1. The predicted molar refractivity (Wildman–Crippen MR) is 67.3 cm³/mol. The van der Waals surface area contributed by atoms with E-state index in [9.17, 15) is 4.79 Å². The zero-order valence-corrected chi connectivity index (χ0v) is 10.7. The third-order valence-electron chi connectivity index (χ3n) is 2.57. The zero-order valence-electron chi connectivity index (χ0n) is 9.04. The molecule has 0 spiro atoms. The number of thiophene rings is 1. The Morgan fingerprint density at radius 2 is 2.31 bits per heavy atom. The van der Waals surface area contributed by atoms with E-state index in [4.69, 9.17) is 10.5 Å². The molecule has 0 amide bonds. The summed E-state index contributed by atoms with van der Waals surface area (Å²) in [4.78, 5) is 12.7. The monoisotopic (exact) mass is 262 g/mol. The molecule has 0 aromatic carbocycles. The van der Waals surface area contributed by atoms with Crippen molar-refractivity contribution >= 4 is 34.7 Å². The first kappa shape index (κ1) is 13.3. The summed E-state index contributed by atoms with van der Waals surface area (Å²) in [6, 6.07) is 0. The molecule has 0 radical (unpaired) electrons. The molecule has 0 unspecified atom stereocenters. The van der Waals surface area contributed by atoms with E-state index >= 15 is 0 Å². The van der Waals surface area contributed by atoms with Gasteiger partial charge >= 0.3 is 5.97 Å². The fourth-order valence-corrected chi connectivity index (χ4v) is 2.93. The first-order chi connectivity index (χ1) is 7.24. The Labute approximate surface area is 105 Å². The van der Waals surface area contributed by atoms with Gasteiger partial charge in [-0.15, -0.1) is 23.7 Å². The Kier molecular flexibility index (Phi) is 4.58. The van der Waals surface area contributed by atoms with Crippen LogP contribution in [0.1, 0.15) is 27.2 Å². The van der Waals surface area contributed by atoms with Crippen LogP contribution >= 0.6 is 23.7 Å². The number of methoxy groups -OCH3 is 1. The quantitative estimate of drug-likeness (QED) is 0.754. The second kappa shape index (κ2) is 5.52. The minimum atomic E-state index is -0.313. The number of nitrogen functional groups attached to an aromatic ring is 1. The summed E-state index contributed by atoms with van der Waals surface area (Å²) >= 11 is 1.49. The number of nitrogens with one attached hydrogen (secondary N) is 1. The molecular formula is C10H15ClN2O2S. The Morgan fingerprint density at radius 3 is 3.00 bits per heavy atom. The molecule has 1 aliphatic rings. The smallest absolute Gasteiger partial charge is 0.341 e. The van der Waals surface area contributed by atoms with Crippen molar-refractivity contribution < 1.29 is 9.53 Å². The van der Waals surface area contributed by atoms with Crippen molar-refractivity contribution in [1.29, 1.82) is 0 Å². The summed E-state index contributed by atoms with van der Waals surface area (Å²) in [5.41, 5.74) is 7.50. The maximum absolute atomic E-state index is 11.6. The van der Waals surface area contributed by atoms with Crippen LogP contribution in [0.4, 0.5) is 5.00 Å². The molecule has 3 N–H and O–H groups in total. The van der Waals surface area contributed by atoms with Crippen molar-refractivity contribution in [1.82, 2.24) is 5.32 Å². The molecule has 90 valence electrons. The topological polar surface area (TPSA) is 64.3 Å². The van der Waals surface area contributed by atoms with Crippen molar-refractivity contribution in [3.8, 4) is 0 Å². The van der Waals surface area contributed by atoms with E-state index in [0.29, 0.717) is 10.6 Å². The Balaban J connectivity index is 0.00000128. The van der Waals surface area contributed by atoms with Crippen molar-refractivity contribution in [2.75, 3.05) is 19.4 Å². The standard InChI is InChI=1S/C10H14N2O2S.ClH/c1-14-10(13)8-6-3-2-4-12-5-7(6)15-9(8)11;/h12H,2-5,11H2,1H3;1H. The van der Waals surface area contributed by atoms with E-state index < -0.39 is 0 Å². The number of ether oxygens (including phenoxy) is 1. The normalized spacial score (nSPS) is 14.6. The van der Waals surface area contributed by atoms with E-state index in [1.165, 1.54) is 23.3 Å². The van der Waals surface area contributed by atoms with E-state index in [2.05, 4.69) is 5.32 Å². The number of esters is 1. The van der Waals surface area contributed by atoms with Crippen molar-refractivity contribution in [2.24, 2.45) is 0 Å². The van der Waals surface area contributed by atoms with Gasteiger partial charge in [0.05, 0.1) is 12.7 Å². The van der Waals surface area contributed by atoms with Gasteiger partial charge in [0.2, 0.25) is 0 Å². The van der Waals surface area contributed by atoms with E-state index in [-0.39, 0.29) is 18.4 Å². The van der Waals surface area contributed by atoms with Crippen LogP contribution in [0.25, 0.3) is 0 Å². The number of carbonyl (C=O) groups is 1. The maximum atomic E-state index is 11.6. The summed E-state index contributed by atoms with van der Waals surface area (Å²) in [7, 11) is 1.39. The van der Waals surface area contributed by atoms with Crippen LogP contribution in [0.3, 0.4) is 0 Å². The number of fused-ring (bicyclic) bond motifs is 1. The second-order valence-corrected chi connectivity index (χ2v) is 4.65. The molecule has 6 heteroatoms. The van der Waals surface area contributed by atoms with Gasteiger partial charge in [0.15, 0.2) is 0 Å². The maximum Gasteiger partial charge on any atom is 0.341 e. The number of carbonyl (C=O) groups excluding carboxylic acids is 1. The summed E-state index contributed by atoms with van der Waals surface area (Å²) in [5, 5.41) is 3.88. The highest BCUT2D eigenvalue weighted by Gasteiger charge is 2.23. The Hall–Kier alpha value is -0.780. The van der Waals surface area contributed by atoms with E-state index in [0.717, 1.165) is 31.5 Å². The summed E-state index contributed by atoms with van der Waals surface area (Å²) < 4.78 is 4.75. The van der Waals surface area contributed by atoms with Crippen LogP contribution in [-0.4, -0.2) is 19.6 Å². The number of rotatable bonds is 1.